The zero-order valence-electron chi connectivity index (χ0n) is 18.5. The van der Waals surface area contributed by atoms with E-state index in [4.69, 9.17) is 15.5 Å². The van der Waals surface area contributed by atoms with Crippen LogP contribution < -0.4 is 16.0 Å². The van der Waals surface area contributed by atoms with Gasteiger partial charge in [0.2, 0.25) is 0 Å². The third-order valence-corrected chi connectivity index (χ3v) is 5.25. The van der Waals surface area contributed by atoms with Crippen molar-refractivity contribution in [3.63, 3.8) is 0 Å². The van der Waals surface area contributed by atoms with E-state index < -0.39 is 12.0 Å². The van der Waals surface area contributed by atoms with Gasteiger partial charge >= 0.3 is 6.09 Å². The van der Waals surface area contributed by atoms with Crippen LogP contribution >= 0.6 is 0 Å². The van der Waals surface area contributed by atoms with E-state index in [-0.39, 0.29) is 6.61 Å². The third kappa shape index (κ3) is 4.64. The lowest BCUT2D eigenvalue weighted by Crippen LogP contribution is -2.37. The topological polar surface area (TPSA) is 102 Å². The summed E-state index contributed by atoms with van der Waals surface area (Å²) >= 11 is 0. The predicted octanol–water partition coefficient (Wildman–Crippen LogP) is 4.57. The molecular weight excluding hydrogens is 418 g/mol. The lowest BCUT2D eigenvalue weighted by Gasteiger charge is -2.20. The minimum atomic E-state index is -0.719. The summed E-state index contributed by atoms with van der Waals surface area (Å²) in [5, 5.41) is 3.32. The molecule has 0 atom stereocenters. The number of carbonyl (C=O) groups is 2. The monoisotopic (exact) mass is 443 g/mol. The fourth-order valence-electron chi connectivity index (χ4n) is 3.52. The number of amides is 2. The summed E-state index contributed by atoms with van der Waals surface area (Å²) in [6, 6.07) is 21.4. The number of nitrogen functional groups attached to an aromatic ring is 1. The number of hydrogen-bond acceptors (Lipinski definition) is 6. The van der Waals surface area contributed by atoms with Gasteiger partial charge in [0.25, 0.3) is 5.91 Å². The van der Waals surface area contributed by atoms with Gasteiger partial charge in [-0.2, -0.15) is 0 Å². The summed E-state index contributed by atoms with van der Waals surface area (Å²) in [7, 11) is 1.92. The molecule has 3 aromatic carbocycles. The maximum atomic E-state index is 13.3. The molecule has 8 nitrogen and oxygen atoms in total. The average Bonchev–Trinajstić information content (AvgIpc) is 3.14. The average molecular weight is 444 g/mol. The number of carbonyl (C=O) groups excluding carboxylic acids is 2. The Balaban J connectivity index is 1.61. The fourth-order valence-corrected chi connectivity index (χ4v) is 3.52. The Hall–Kier alpha value is -4.33. The number of fused-ring (bicyclic) bond motifs is 1. The van der Waals surface area contributed by atoms with Crippen molar-refractivity contribution in [3.8, 4) is 0 Å². The number of ether oxygens (including phenoxy) is 1. The van der Waals surface area contributed by atoms with Crippen molar-refractivity contribution in [1.29, 1.82) is 0 Å². The summed E-state index contributed by atoms with van der Waals surface area (Å²) < 4.78 is 7.09. The first kappa shape index (κ1) is 21.9. The molecule has 0 radical (unpaired) electrons. The number of nitrogens with zero attached hydrogens (tertiary/aromatic N) is 3. The Morgan fingerprint density at radius 1 is 1.06 bits per heavy atom. The van der Waals surface area contributed by atoms with Crippen LogP contribution in [0.1, 0.15) is 23.1 Å². The number of nitrogens with two attached hydrogens (primary N) is 1. The van der Waals surface area contributed by atoms with E-state index in [1.54, 1.807) is 43.3 Å². The number of imide groups is 1. The van der Waals surface area contributed by atoms with E-state index in [9.17, 15) is 9.59 Å². The second-order valence-corrected chi connectivity index (χ2v) is 7.44. The Morgan fingerprint density at radius 3 is 2.48 bits per heavy atom. The largest absolute Gasteiger partial charge is 0.449 e. The van der Waals surface area contributed by atoms with Gasteiger partial charge in [0.05, 0.1) is 29.9 Å². The van der Waals surface area contributed by atoms with Crippen molar-refractivity contribution >= 4 is 40.1 Å². The molecule has 0 aliphatic rings. The summed E-state index contributed by atoms with van der Waals surface area (Å²) in [6.45, 7) is 2.36. The van der Waals surface area contributed by atoms with Gasteiger partial charge in [-0.1, -0.05) is 18.2 Å². The Bertz CT molecular complexity index is 1280. The van der Waals surface area contributed by atoms with Crippen molar-refractivity contribution in [2.75, 3.05) is 22.6 Å². The van der Waals surface area contributed by atoms with Crippen molar-refractivity contribution in [3.05, 3.63) is 84.2 Å². The van der Waals surface area contributed by atoms with Crippen LogP contribution in [0.5, 0.6) is 0 Å². The van der Waals surface area contributed by atoms with Crippen LogP contribution in [0.3, 0.4) is 0 Å². The molecule has 8 heteroatoms. The maximum absolute atomic E-state index is 13.3. The summed E-state index contributed by atoms with van der Waals surface area (Å²) in [5.41, 5.74) is 9.69. The zero-order valence-corrected chi connectivity index (χ0v) is 18.5. The molecule has 33 heavy (non-hydrogen) atoms. The van der Waals surface area contributed by atoms with Gasteiger partial charge < -0.3 is 20.4 Å². The molecule has 4 aromatic rings. The van der Waals surface area contributed by atoms with Gasteiger partial charge in [-0.3, -0.25) is 4.79 Å². The molecule has 4 rings (SSSR count). The number of para-hydroxylation sites is 1. The molecule has 0 fully saturated rings. The molecule has 0 saturated heterocycles. The number of anilines is 3. The quantitative estimate of drug-likeness (QED) is 0.423. The first-order chi connectivity index (χ1) is 16.0. The number of imidazole rings is 1. The van der Waals surface area contributed by atoms with Crippen LogP contribution in [0.15, 0.2) is 72.8 Å². The predicted molar refractivity (Wildman–Crippen MR) is 129 cm³/mol. The second kappa shape index (κ2) is 9.44. The van der Waals surface area contributed by atoms with E-state index in [0.717, 1.165) is 21.9 Å². The number of hydrogen-bond donors (Lipinski definition) is 2. The van der Waals surface area contributed by atoms with Crippen LogP contribution in [0, 0.1) is 0 Å². The summed E-state index contributed by atoms with van der Waals surface area (Å²) in [5.74, 6) is 0.325. The molecule has 1 heterocycles. The van der Waals surface area contributed by atoms with Gasteiger partial charge in [0, 0.05) is 24.0 Å². The molecular formula is C25H25N5O3. The number of benzene rings is 3. The van der Waals surface area contributed by atoms with E-state index >= 15 is 0 Å². The number of nitrogens with one attached hydrogen (secondary N) is 1. The van der Waals surface area contributed by atoms with Crippen LogP contribution in [-0.4, -0.2) is 28.2 Å². The molecule has 0 aliphatic heterocycles. The van der Waals surface area contributed by atoms with Gasteiger partial charge in [-0.05, 0) is 61.5 Å². The standard InChI is InChI=1S/C25H25N5O3/c1-3-33-25(32)30(20-7-5-4-6-8-20)24(31)17-9-14-22-21(15-17)28-23(29(22)2)16-27-19-12-10-18(26)11-13-19/h4-15,27H,3,16,26H2,1-2H3. The fraction of sp³-hybridized carbons (Fsp3) is 0.160. The smallest absolute Gasteiger partial charge is 0.421 e. The molecule has 0 bridgehead atoms. The van der Waals surface area contributed by atoms with E-state index in [2.05, 4.69) is 5.32 Å². The van der Waals surface area contributed by atoms with Gasteiger partial charge in [-0.15, -0.1) is 0 Å². The normalized spacial score (nSPS) is 10.7. The van der Waals surface area contributed by atoms with Crippen molar-refractivity contribution in [2.24, 2.45) is 7.05 Å². The van der Waals surface area contributed by atoms with E-state index in [1.165, 1.54) is 0 Å². The van der Waals surface area contributed by atoms with Gasteiger partial charge in [0.15, 0.2) is 0 Å². The molecule has 168 valence electrons. The molecule has 1 aromatic heterocycles. The van der Waals surface area contributed by atoms with E-state index in [0.29, 0.717) is 29.0 Å². The number of rotatable bonds is 6. The minimum Gasteiger partial charge on any atom is -0.449 e. The molecule has 0 unspecified atom stereocenters. The first-order valence-corrected chi connectivity index (χ1v) is 10.6. The zero-order chi connectivity index (χ0) is 23.4. The van der Waals surface area contributed by atoms with Crippen LogP contribution in [0.2, 0.25) is 0 Å². The van der Waals surface area contributed by atoms with Crippen molar-refractivity contribution < 1.29 is 14.3 Å². The number of aromatic nitrogens is 2. The highest BCUT2D eigenvalue weighted by atomic mass is 16.6. The third-order valence-electron chi connectivity index (χ3n) is 5.25. The summed E-state index contributed by atoms with van der Waals surface area (Å²) in [6.07, 6.45) is -0.719. The van der Waals surface area contributed by atoms with Crippen LogP contribution in [0.4, 0.5) is 21.9 Å². The van der Waals surface area contributed by atoms with Gasteiger partial charge in [-0.25, -0.2) is 14.7 Å². The van der Waals surface area contributed by atoms with Crippen LogP contribution in [0.25, 0.3) is 11.0 Å². The highest BCUT2D eigenvalue weighted by molar-refractivity contribution is 6.19. The first-order valence-electron chi connectivity index (χ1n) is 10.6. The highest BCUT2D eigenvalue weighted by Gasteiger charge is 2.26. The molecule has 3 N–H and O–H groups in total. The molecule has 0 aliphatic carbocycles. The molecule has 0 saturated carbocycles. The van der Waals surface area contributed by atoms with Crippen LogP contribution in [-0.2, 0) is 18.3 Å². The summed E-state index contributed by atoms with van der Waals surface area (Å²) in [4.78, 5) is 31.6. The van der Waals surface area contributed by atoms with Gasteiger partial charge in [0.1, 0.15) is 5.82 Å². The SMILES string of the molecule is CCOC(=O)N(C(=O)c1ccc2c(c1)nc(CNc1ccc(N)cc1)n2C)c1ccccc1. The Morgan fingerprint density at radius 2 is 1.79 bits per heavy atom. The minimum absolute atomic E-state index is 0.166. The second-order valence-electron chi connectivity index (χ2n) is 7.44. The maximum Gasteiger partial charge on any atom is 0.421 e. The van der Waals surface area contributed by atoms with Crippen molar-refractivity contribution in [1.82, 2.24) is 9.55 Å². The highest BCUT2D eigenvalue weighted by Crippen LogP contribution is 2.22. The molecule has 0 spiro atoms. The van der Waals surface area contributed by atoms with E-state index in [1.807, 2.05) is 48.0 Å². The Kier molecular flexibility index (Phi) is 6.26. The Labute approximate surface area is 191 Å². The lowest BCUT2D eigenvalue weighted by atomic mass is 10.1. The van der Waals surface area contributed by atoms with Crippen molar-refractivity contribution in [2.45, 2.75) is 13.5 Å². The molecule has 2 amide bonds. The number of aryl methyl sites for hydroxylation is 1. The lowest BCUT2D eigenvalue weighted by molar-refractivity contribution is 0.0968.